The van der Waals surface area contributed by atoms with Gasteiger partial charge in [-0.25, -0.2) is 0 Å². The summed E-state index contributed by atoms with van der Waals surface area (Å²) in [6.07, 6.45) is 0.860. The quantitative estimate of drug-likeness (QED) is 0.798. The van der Waals surface area contributed by atoms with E-state index in [1.54, 1.807) is 11.9 Å². The first-order valence-corrected chi connectivity index (χ1v) is 6.75. The smallest absolute Gasteiger partial charge is 0.169 e. The maximum Gasteiger partial charge on any atom is 0.169 e. The highest BCUT2D eigenvalue weighted by molar-refractivity contribution is 5.57. The highest BCUT2D eigenvalue weighted by Gasteiger charge is 2.18. The Hall–Kier alpha value is -1.71. The maximum absolute atomic E-state index is 9.77. The minimum Gasteiger partial charge on any atom is -0.389 e. The average molecular weight is 278 g/mol. The zero-order valence-electron chi connectivity index (χ0n) is 12.6. The Labute approximate surface area is 120 Å². The minimum absolute atomic E-state index is 0.243. The van der Waals surface area contributed by atoms with E-state index in [0.717, 1.165) is 24.1 Å². The van der Waals surface area contributed by atoms with Gasteiger partial charge in [0, 0.05) is 20.7 Å². The van der Waals surface area contributed by atoms with Crippen molar-refractivity contribution < 1.29 is 9.84 Å². The lowest BCUT2D eigenvalue weighted by molar-refractivity contribution is 0.0694. The van der Waals surface area contributed by atoms with E-state index >= 15 is 0 Å². The second kappa shape index (κ2) is 7.78. The molecule has 6 nitrogen and oxygen atoms in total. The number of anilines is 1. The van der Waals surface area contributed by atoms with Gasteiger partial charge in [-0.3, -0.25) is 0 Å². The molecule has 0 saturated heterocycles. The number of aliphatic hydroxyl groups is 1. The van der Waals surface area contributed by atoms with Gasteiger partial charge in [-0.15, -0.1) is 5.10 Å². The van der Waals surface area contributed by atoms with Crippen molar-refractivity contribution in [1.82, 2.24) is 10.2 Å². The van der Waals surface area contributed by atoms with Crippen LogP contribution in [-0.4, -0.2) is 48.7 Å². The molecule has 1 heterocycles. The molecule has 1 rings (SSSR count). The third-order valence-corrected chi connectivity index (χ3v) is 3.14. The van der Waals surface area contributed by atoms with Crippen molar-refractivity contribution in [3.8, 4) is 6.07 Å². The first-order valence-electron chi connectivity index (χ1n) is 6.75. The first kappa shape index (κ1) is 16.3. The van der Waals surface area contributed by atoms with Gasteiger partial charge in [0.2, 0.25) is 0 Å². The second-order valence-corrected chi connectivity index (χ2v) is 4.63. The Morgan fingerprint density at radius 2 is 2.05 bits per heavy atom. The summed E-state index contributed by atoms with van der Waals surface area (Å²) in [6, 6.07) is 2.22. The molecule has 0 radical (unpaired) electrons. The van der Waals surface area contributed by atoms with Crippen LogP contribution in [0.3, 0.4) is 0 Å². The van der Waals surface area contributed by atoms with Gasteiger partial charge < -0.3 is 14.7 Å². The summed E-state index contributed by atoms with van der Waals surface area (Å²) in [5, 5.41) is 27.5. The van der Waals surface area contributed by atoms with Crippen molar-refractivity contribution in [2.45, 2.75) is 32.8 Å². The molecule has 1 atom stereocenters. The standard InChI is InChI=1S/C14H22N4O2/c1-5-11-12(7-15)14(17-16-13(11)6-2)18(3)8-10(19)9-20-4/h10,19H,5-6,8-9H2,1-4H3. The Morgan fingerprint density at radius 3 is 2.55 bits per heavy atom. The zero-order chi connectivity index (χ0) is 15.1. The van der Waals surface area contributed by atoms with Crippen molar-refractivity contribution in [3.05, 3.63) is 16.8 Å². The number of aliphatic hydroxyl groups excluding tert-OH is 1. The molecule has 0 saturated carbocycles. The molecule has 1 N–H and O–H groups in total. The number of aryl methyl sites for hydroxylation is 1. The maximum atomic E-state index is 9.77. The number of hydrogen-bond donors (Lipinski definition) is 1. The van der Waals surface area contributed by atoms with E-state index < -0.39 is 6.10 Å². The van der Waals surface area contributed by atoms with Crippen LogP contribution in [-0.2, 0) is 17.6 Å². The summed E-state index contributed by atoms with van der Waals surface area (Å²) in [7, 11) is 3.32. The third-order valence-electron chi connectivity index (χ3n) is 3.14. The molecule has 0 aliphatic rings. The number of nitriles is 1. The van der Waals surface area contributed by atoms with E-state index in [-0.39, 0.29) is 6.61 Å². The highest BCUT2D eigenvalue weighted by Crippen LogP contribution is 2.22. The van der Waals surface area contributed by atoms with E-state index in [0.29, 0.717) is 17.9 Å². The van der Waals surface area contributed by atoms with Crippen LogP contribution in [0.4, 0.5) is 5.82 Å². The van der Waals surface area contributed by atoms with Crippen molar-refractivity contribution in [1.29, 1.82) is 5.26 Å². The van der Waals surface area contributed by atoms with Gasteiger partial charge in [0.05, 0.1) is 18.4 Å². The van der Waals surface area contributed by atoms with Crippen LogP contribution < -0.4 is 4.90 Å². The van der Waals surface area contributed by atoms with Gasteiger partial charge >= 0.3 is 0 Å². The SMILES string of the molecule is CCc1nnc(N(C)CC(O)COC)c(C#N)c1CC. The van der Waals surface area contributed by atoms with Gasteiger partial charge in [0.1, 0.15) is 11.6 Å². The van der Waals surface area contributed by atoms with Crippen LogP contribution in [0.15, 0.2) is 0 Å². The predicted molar refractivity (Wildman–Crippen MR) is 76.7 cm³/mol. The minimum atomic E-state index is -0.630. The van der Waals surface area contributed by atoms with Gasteiger partial charge in [-0.1, -0.05) is 13.8 Å². The van der Waals surface area contributed by atoms with Crippen molar-refractivity contribution in [3.63, 3.8) is 0 Å². The Balaban J connectivity index is 3.09. The van der Waals surface area contributed by atoms with Crippen LogP contribution in [0.2, 0.25) is 0 Å². The lowest BCUT2D eigenvalue weighted by Crippen LogP contribution is -2.33. The van der Waals surface area contributed by atoms with Crippen LogP contribution >= 0.6 is 0 Å². The van der Waals surface area contributed by atoms with Crippen LogP contribution in [0.1, 0.15) is 30.7 Å². The molecular formula is C14H22N4O2. The van der Waals surface area contributed by atoms with Gasteiger partial charge in [0.15, 0.2) is 5.82 Å². The monoisotopic (exact) mass is 278 g/mol. The largest absolute Gasteiger partial charge is 0.389 e. The van der Waals surface area contributed by atoms with Gasteiger partial charge in [0.25, 0.3) is 0 Å². The van der Waals surface area contributed by atoms with Crippen molar-refractivity contribution in [2.24, 2.45) is 0 Å². The molecule has 0 aliphatic heterocycles. The summed E-state index contributed by atoms with van der Waals surface area (Å²) in [4.78, 5) is 1.74. The zero-order valence-corrected chi connectivity index (χ0v) is 12.6. The van der Waals surface area contributed by atoms with Crippen LogP contribution in [0.5, 0.6) is 0 Å². The predicted octanol–water partition coefficient (Wildman–Crippen LogP) is 0.917. The van der Waals surface area contributed by atoms with E-state index in [4.69, 9.17) is 4.74 Å². The van der Waals surface area contributed by atoms with E-state index in [1.165, 1.54) is 7.11 Å². The average Bonchev–Trinajstić information content (AvgIpc) is 2.45. The van der Waals surface area contributed by atoms with Crippen molar-refractivity contribution >= 4 is 5.82 Å². The summed E-state index contributed by atoms with van der Waals surface area (Å²) in [5.74, 6) is 0.511. The third kappa shape index (κ3) is 3.65. The Bertz CT molecular complexity index is 485. The molecule has 0 fully saturated rings. The molecule has 0 aromatic carbocycles. The summed E-state index contributed by atoms with van der Waals surface area (Å²) in [5.41, 5.74) is 2.35. The second-order valence-electron chi connectivity index (χ2n) is 4.63. The van der Waals surface area contributed by atoms with E-state index in [1.807, 2.05) is 13.8 Å². The molecule has 6 heteroatoms. The number of methoxy groups -OCH3 is 1. The molecule has 1 aromatic rings. The van der Waals surface area contributed by atoms with Crippen molar-refractivity contribution in [2.75, 3.05) is 32.2 Å². The van der Waals surface area contributed by atoms with Gasteiger partial charge in [-0.2, -0.15) is 10.4 Å². The molecule has 1 aromatic heterocycles. The number of ether oxygens (including phenoxy) is 1. The fraction of sp³-hybridized carbons (Fsp3) is 0.643. The number of likely N-dealkylation sites (N-methyl/N-ethyl adjacent to an activating group) is 1. The molecule has 0 spiro atoms. The van der Waals surface area contributed by atoms with Crippen LogP contribution in [0, 0.1) is 11.3 Å². The molecule has 1 unspecified atom stereocenters. The number of rotatable bonds is 7. The molecule has 20 heavy (non-hydrogen) atoms. The number of aromatic nitrogens is 2. The topological polar surface area (TPSA) is 82.3 Å². The normalized spacial score (nSPS) is 12.0. The molecule has 0 aliphatic carbocycles. The fourth-order valence-electron chi connectivity index (χ4n) is 2.19. The Morgan fingerprint density at radius 1 is 1.35 bits per heavy atom. The lowest BCUT2D eigenvalue weighted by atomic mass is 10.0. The summed E-state index contributed by atoms with van der Waals surface area (Å²) < 4.78 is 4.90. The van der Waals surface area contributed by atoms with E-state index in [9.17, 15) is 10.4 Å². The van der Waals surface area contributed by atoms with E-state index in [2.05, 4.69) is 16.3 Å². The number of nitrogens with zero attached hydrogens (tertiary/aromatic N) is 4. The molecule has 110 valence electrons. The molecule has 0 bridgehead atoms. The van der Waals surface area contributed by atoms with Gasteiger partial charge in [-0.05, 0) is 18.4 Å². The number of hydrogen-bond acceptors (Lipinski definition) is 6. The first-order chi connectivity index (χ1) is 9.58. The summed E-state index contributed by atoms with van der Waals surface area (Å²) in [6.45, 7) is 4.58. The fourth-order valence-corrected chi connectivity index (χ4v) is 2.19. The Kier molecular flexibility index (Phi) is 6.36. The lowest BCUT2D eigenvalue weighted by Gasteiger charge is -2.23. The van der Waals surface area contributed by atoms with Crippen LogP contribution in [0.25, 0.3) is 0 Å². The highest BCUT2D eigenvalue weighted by atomic mass is 16.5. The summed E-state index contributed by atoms with van der Waals surface area (Å²) >= 11 is 0. The molecular weight excluding hydrogens is 256 g/mol. The molecule has 0 amide bonds.